The van der Waals surface area contributed by atoms with E-state index in [1.165, 1.54) is 6.33 Å². The predicted octanol–water partition coefficient (Wildman–Crippen LogP) is 2.89. The molecule has 0 N–H and O–H groups in total. The molecule has 0 saturated carbocycles. The zero-order valence-corrected chi connectivity index (χ0v) is 14.2. The van der Waals surface area contributed by atoms with Gasteiger partial charge in [0.05, 0.1) is 24.5 Å². The van der Waals surface area contributed by atoms with Crippen LogP contribution in [0.3, 0.4) is 0 Å². The van der Waals surface area contributed by atoms with Crippen molar-refractivity contribution in [3.8, 4) is 11.3 Å². The second kappa shape index (κ2) is 7.53. The first kappa shape index (κ1) is 16.6. The molecule has 1 fully saturated rings. The summed E-state index contributed by atoms with van der Waals surface area (Å²) in [5.74, 6) is 0.797. The summed E-state index contributed by atoms with van der Waals surface area (Å²) >= 11 is 0. The first-order valence-electron chi connectivity index (χ1n) is 8.39. The standard InChI is InChI=1S/C19H23N3O2/c1-14(2)16-11-22(8-9-24-12-16)19(23)17-10-20-13-21-18(17)15-6-4-3-5-7-15/h3-7,10,13-14,16H,8-9,11-12H2,1-2H3. The van der Waals surface area contributed by atoms with Crippen molar-refractivity contribution in [3.63, 3.8) is 0 Å². The number of ether oxygens (including phenoxy) is 1. The molecule has 1 unspecified atom stereocenters. The molecule has 5 nitrogen and oxygen atoms in total. The lowest BCUT2D eigenvalue weighted by atomic mass is 9.96. The maximum Gasteiger partial charge on any atom is 0.257 e. The fraction of sp³-hybridized carbons (Fsp3) is 0.421. The Morgan fingerprint density at radius 3 is 2.83 bits per heavy atom. The average molecular weight is 325 g/mol. The number of carbonyl (C=O) groups excluding carboxylic acids is 1. The van der Waals surface area contributed by atoms with Crippen LogP contribution in [-0.2, 0) is 4.74 Å². The van der Waals surface area contributed by atoms with Gasteiger partial charge in [-0.1, -0.05) is 44.2 Å². The molecule has 1 aromatic carbocycles. The molecule has 0 bridgehead atoms. The van der Waals surface area contributed by atoms with Crippen molar-refractivity contribution < 1.29 is 9.53 Å². The lowest BCUT2D eigenvalue weighted by molar-refractivity contribution is 0.0733. The molecule has 1 aliphatic heterocycles. The summed E-state index contributed by atoms with van der Waals surface area (Å²) < 4.78 is 5.67. The van der Waals surface area contributed by atoms with Crippen molar-refractivity contribution in [3.05, 3.63) is 48.4 Å². The number of rotatable bonds is 3. The molecule has 2 heterocycles. The molecular formula is C19H23N3O2. The van der Waals surface area contributed by atoms with Crippen LogP contribution >= 0.6 is 0 Å². The number of hydrogen-bond donors (Lipinski definition) is 0. The molecule has 1 saturated heterocycles. The number of benzene rings is 1. The molecule has 24 heavy (non-hydrogen) atoms. The largest absolute Gasteiger partial charge is 0.379 e. The Labute approximate surface area is 142 Å². The topological polar surface area (TPSA) is 55.3 Å². The molecule has 5 heteroatoms. The molecular weight excluding hydrogens is 302 g/mol. The second-order valence-electron chi connectivity index (χ2n) is 6.48. The van der Waals surface area contributed by atoms with Gasteiger partial charge in [-0.15, -0.1) is 0 Å². The lowest BCUT2D eigenvalue weighted by Crippen LogP contribution is -2.37. The minimum Gasteiger partial charge on any atom is -0.379 e. The molecule has 1 aromatic heterocycles. The Balaban J connectivity index is 1.90. The zero-order chi connectivity index (χ0) is 16.9. The summed E-state index contributed by atoms with van der Waals surface area (Å²) in [4.78, 5) is 23.4. The van der Waals surface area contributed by atoms with E-state index in [2.05, 4.69) is 23.8 Å². The van der Waals surface area contributed by atoms with Crippen molar-refractivity contribution in [2.45, 2.75) is 13.8 Å². The minimum absolute atomic E-state index is 0.0226. The maximum atomic E-state index is 13.1. The van der Waals surface area contributed by atoms with Gasteiger partial charge in [-0.3, -0.25) is 4.79 Å². The van der Waals surface area contributed by atoms with E-state index >= 15 is 0 Å². The van der Waals surface area contributed by atoms with Crippen molar-refractivity contribution in [2.75, 3.05) is 26.3 Å². The van der Waals surface area contributed by atoms with Crippen LogP contribution in [0.2, 0.25) is 0 Å². The monoisotopic (exact) mass is 325 g/mol. The number of amides is 1. The van der Waals surface area contributed by atoms with Crippen LogP contribution in [0.1, 0.15) is 24.2 Å². The van der Waals surface area contributed by atoms with E-state index in [4.69, 9.17) is 4.74 Å². The highest BCUT2D eigenvalue weighted by Gasteiger charge is 2.27. The molecule has 1 atom stereocenters. The summed E-state index contributed by atoms with van der Waals surface area (Å²) in [7, 11) is 0. The van der Waals surface area contributed by atoms with E-state index in [9.17, 15) is 4.79 Å². The molecule has 1 amide bonds. The Morgan fingerprint density at radius 2 is 2.08 bits per heavy atom. The van der Waals surface area contributed by atoms with E-state index in [1.807, 2.05) is 35.2 Å². The van der Waals surface area contributed by atoms with Gasteiger partial charge in [0.2, 0.25) is 0 Å². The van der Waals surface area contributed by atoms with Gasteiger partial charge in [0.1, 0.15) is 6.33 Å². The third-order valence-corrected chi connectivity index (χ3v) is 4.51. The summed E-state index contributed by atoms with van der Waals surface area (Å²) in [5, 5.41) is 0. The number of nitrogens with zero attached hydrogens (tertiary/aromatic N) is 3. The second-order valence-corrected chi connectivity index (χ2v) is 6.48. The summed E-state index contributed by atoms with van der Waals surface area (Å²) in [6.07, 6.45) is 3.11. The van der Waals surface area contributed by atoms with Crippen LogP contribution in [0.25, 0.3) is 11.3 Å². The van der Waals surface area contributed by atoms with Gasteiger partial charge in [-0.2, -0.15) is 0 Å². The van der Waals surface area contributed by atoms with E-state index in [1.54, 1.807) is 6.20 Å². The number of carbonyl (C=O) groups is 1. The van der Waals surface area contributed by atoms with Crippen LogP contribution < -0.4 is 0 Å². The van der Waals surface area contributed by atoms with Gasteiger partial charge in [-0.25, -0.2) is 9.97 Å². The molecule has 3 rings (SSSR count). The van der Waals surface area contributed by atoms with Crippen molar-refractivity contribution in [2.24, 2.45) is 11.8 Å². The fourth-order valence-electron chi connectivity index (χ4n) is 2.91. The van der Waals surface area contributed by atoms with E-state index < -0.39 is 0 Å². The van der Waals surface area contributed by atoms with Crippen LogP contribution in [-0.4, -0.2) is 47.1 Å². The van der Waals surface area contributed by atoms with Gasteiger partial charge in [0.15, 0.2) is 0 Å². The number of hydrogen-bond acceptors (Lipinski definition) is 4. The first-order valence-corrected chi connectivity index (χ1v) is 8.39. The van der Waals surface area contributed by atoms with Gasteiger partial charge in [0, 0.05) is 30.8 Å². The molecule has 126 valence electrons. The van der Waals surface area contributed by atoms with Gasteiger partial charge < -0.3 is 9.64 Å². The van der Waals surface area contributed by atoms with Crippen LogP contribution in [0, 0.1) is 11.8 Å². The summed E-state index contributed by atoms with van der Waals surface area (Å²) in [6.45, 7) is 6.93. The minimum atomic E-state index is -0.0226. The summed E-state index contributed by atoms with van der Waals surface area (Å²) in [6, 6.07) is 9.76. The van der Waals surface area contributed by atoms with Gasteiger partial charge in [0.25, 0.3) is 5.91 Å². The van der Waals surface area contributed by atoms with E-state index in [0.717, 1.165) is 5.56 Å². The molecule has 0 spiro atoms. The van der Waals surface area contributed by atoms with Crippen LogP contribution in [0.4, 0.5) is 0 Å². The number of aromatic nitrogens is 2. The Hall–Kier alpha value is -2.27. The highest BCUT2D eigenvalue weighted by Crippen LogP contribution is 2.23. The molecule has 0 radical (unpaired) electrons. The Kier molecular flexibility index (Phi) is 5.20. The van der Waals surface area contributed by atoms with E-state index in [0.29, 0.717) is 49.4 Å². The predicted molar refractivity (Wildman–Crippen MR) is 92.5 cm³/mol. The van der Waals surface area contributed by atoms with Crippen LogP contribution in [0.15, 0.2) is 42.9 Å². The molecule has 2 aromatic rings. The summed E-state index contributed by atoms with van der Waals surface area (Å²) in [5.41, 5.74) is 2.16. The third kappa shape index (κ3) is 3.62. The van der Waals surface area contributed by atoms with Gasteiger partial charge >= 0.3 is 0 Å². The average Bonchev–Trinajstić information content (AvgIpc) is 2.88. The van der Waals surface area contributed by atoms with Crippen LogP contribution in [0.5, 0.6) is 0 Å². The quantitative estimate of drug-likeness (QED) is 0.871. The van der Waals surface area contributed by atoms with Crippen molar-refractivity contribution >= 4 is 5.91 Å². The molecule has 1 aliphatic rings. The highest BCUT2D eigenvalue weighted by molar-refractivity contribution is 5.99. The Morgan fingerprint density at radius 1 is 1.29 bits per heavy atom. The zero-order valence-electron chi connectivity index (χ0n) is 14.2. The first-order chi connectivity index (χ1) is 11.7. The van der Waals surface area contributed by atoms with Gasteiger partial charge in [-0.05, 0) is 5.92 Å². The normalized spacial score (nSPS) is 18.5. The lowest BCUT2D eigenvalue weighted by Gasteiger charge is -2.26. The maximum absolute atomic E-state index is 13.1. The van der Waals surface area contributed by atoms with E-state index in [-0.39, 0.29) is 5.91 Å². The SMILES string of the molecule is CC(C)C1COCCN(C(=O)c2cncnc2-c2ccccc2)C1. The highest BCUT2D eigenvalue weighted by atomic mass is 16.5. The van der Waals surface area contributed by atoms with Crippen molar-refractivity contribution in [1.29, 1.82) is 0 Å². The van der Waals surface area contributed by atoms with Crippen molar-refractivity contribution in [1.82, 2.24) is 14.9 Å². The molecule has 0 aliphatic carbocycles. The smallest absolute Gasteiger partial charge is 0.257 e. The third-order valence-electron chi connectivity index (χ3n) is 4.51. The Bertz CT molecular complexity index is 688. The fourth-order valence-corrected chi connectivity index (χ4v) is 2.91.